The highest BCUT2D eigenvalue weighted by Crippen LogP contribution is 2.37. The Morgan fingerprint density at radius 1 is 1.38 bits per heavy atom. The summed E-state index contributed by atoms with van der Waals surface area (Å²) >= 11 is 0. The molecule has 0 aliphatic carbocycles. The van der Waals surface area contributed by atoms with Gasteiger partial charge in [-0.3, -0.25) is 0 Å². The average molecular weight is 226 g/mol. The minimum atomic E-state index is -1.28. The average Bonchev–Trinajstić information content (AvgIpc) is 2.12. The Bertz CT molecular complexity index is 474. The van der Waals surface area contributed by atoms with Crippen LogP contribution in [-0.4, -0.2) is 21.9 Å². The fourth-order valence-electron chi connectivity index (χ4n) is 1.83. The third kappa shape index (κ3) is 1.52. The summed E-state index contributed by atoms with van der Waals surface area (Å²) in [5.41, 5.74) is -1.62. The number of aryl methyl sites for hydroxylation is 1. The first-order chi connectivity index (χ1) is 7.33. The summed E-state index contributed by atoms with van der Waals surface area (Å²) < 4.78 is 10.3. The van der Waals surface area contributed by atoms with Gasteiger partial charge in [-0.1, -0.05) is 0 Å². The van der Waals surface area contributed by atoms with Gasteiger partial charge in [-0.05, 0) is 20.8 Å². The maximum absolute atomic E-state index is 11.5. The lowest BCUT2D eigenvalue weighted by Gasteiger charge is -2.39. The number of hydrogen-bond acceptors (Lipinski definition) is 5. The fraction of sp³-hybridized carbons (Fsp3) is 0.545. The molecule has 0 fully saturated rings. The van der Waals surface area contributed by atoms with Crippen molar-refractivity contribution < 1.29 is 19.4 Å². The Hall–Kier alpha value is -1.33. The van der Waals surface area contributed by atoms with E-state index in [0.717, 1.165) is 0 Å². The highest BCUT2D eigenvalue weighted by atomic mass is 16.5. The minimum absolute atomic E-state index is 0.0163. The highest BCUT2D eigenvalue weighted by molar-refractivity contribution is 5.37. The van der Waals surface area contributed by atoms with Crippen molar-refractivity contribution >= 4 is 0 Å². The van der Waals surface area contributed by atoms with E-state index in [4.69, 9.17) is 9.15 Å². The first-order valence-electron chi connectivity index (χ1n) is 5.03. The van der Waals surface area contributed by atoms with Gasteiger partial charge in [-0.15, -0.1) is 0 Å². The van der Waals surface area contributed by atoms with E-state index in [-0.39, 0.29) is 11.3 Å². The second-order valence-corrected chi connectivity index (χ2v) is 4.52. The van der Waals surface area contributed by atoms with Crippen LogP contribution in [0.1, 0.15) is 31.3 Å². The number of rotatable bonds is 0. The molecule has 1 aromatic heterocycles. The van der Waals surface area contributed by atoms with Crippen molar-refractivity contribution in [3.8, 4) is 5.75 Å². The van der Waals surface area contributed by atoms with Gasteiger partial charge in [0, 0.05) is 6.07 Å². The van der Waals surface area contributed by atoms with Crippen molar-refractivity contribution in [1.29, 1.82) is 0 Å². The molecule has 1 aromatic rings. The minimum Gasteiger partial charge on any atom is -0.484 e. The zero-order valence-electron chi connectivity index (χ0n) is 9.35. The van der Waals surface area contributed by atoms with Crippen molar-refractivity contribution in [1.82, 2.24) is 0 Å². The maximum Gasteiger partial charge on any atom is 0.345 e. The van der Waals surface area contributed by atoms with Gasteiger partial charge in [0.15, 0.2) is 0 Å². The quantitative estimate of drug-likeness (QED) is 0.674. The van der Waals surface area contributed by atoms with Gasteiger partial charge in [0.05, 0.1) is 0 Å². The third-order valence-corrected chi connectivity index (χ3v) is 2.75. The largest absolute Gasteiger partial charge is 0.484 e. The van der Waals surface area contributed by atoms with Crippen molar-refractivity contribution in [2.45, 2.75) is 38.6 Å². The summed E-state index contributed by atoms with van der Waals surface area (Å²) in [6.45, 7) is 4.91. The van der Waals surface area contributed by atoms with Gasteiger partial charge in [0.1, 0.15) is 34.9 Å². The summed E-state index contributed by atoms with van der Waals surface area (Å²) in [6, 6.07) is 1.54. The first-order valence-corrected chi connectivity index (χ1v) is 5.03. The van der Waals surface area contributed by atoms with Gasteiger partial charge in [-0.25, -0.2) is 4.79 Å². The summed E-state index contributed by atoms with van der Waals surface area (Å²) in [4.78, 5) is 11.5. The van der Waals surface area contributed by atoms with E-state index in [9.17, 15) is 15.0 Å². The predicted octanol–water partition coefficient (Wildman–Crippen LogP) is 0.514. The summed E-state index contributed by atoms with van der Waals surface area (Å²) in [5.74, 6) is 0.680. The molecule has 0 saturated heterocycles. The van der Waals surface area contributed by atoms with Crippen molar-refractivity contribution in [2.75, 3.05) is 0 Å². The molecule has 88 valence electrons. The zero-order valence-corrected chi connectivity index (χ0v) is 9.35. The lowest BCUT2D eigenvalue weighted by Crippen LogP contribution is -2.50. The molecule has 16 heavy (non-hydrogen) atoms. The second kappa shape index (κ2) is 3.33. The van der Waals surface area contributed by atoms with Gasteiger partial charge in [0.2, 0.25) is 0 Å². The molecule has 1 aliphatic rings. The molecule has 0 saturated carbocycles. The van der Waals surface area contributed by atoms with Crippen LogP contribution in [-0.2, 0) is 0 Å². The molecule has 2 N–H and O–H groups in total. The fourth-order valence-corrected chi connectivity index (χ4v) is 1.83. The lowest BCUT2D eigenvalue weighted by atomic mass is 9.89. The van der Waals surface area contributed by atoms with Gasteiger partial charge in [-0.2, -0.15) is 0 Å². The van der Waals surface area contributed by atoms with Crippen LogP contribution in [0.5, 0.6) is 5.75 Å². The number of aliphatic hydroxyl groups is 2. The van der Waals surface area contributed by atoms with E-state index in [1.165, 1.54) is 6.07 Å². The highest BCUT2D eigenvalue weighted by Gasteiger charge is 2.44. The number of hydrogen-bond donors (Lipinski definition) is 2. The van der Waals surface area contributed by atoms with E-state index >= 15 is 0 Å². The number of aliphatic hydroxyl groups excluding tert-OH is 2. The smallest absolute Gasteiger partial charge is 0.345 e. The zero-order chi connectivity index (χ0) is 12.1. The molecule has 5 heteroatoms. The van der Waals surface area contributed by atoms with Gasteiger partial charge in [0.25, 0.3) is 0 Å². The van der Waals surface area contributed by atoms with Crippen LogP contribution < -0.4 is 10.4 Å². The second-order valence-electron chi connectivity index (χ2n) is 4.52. The monoisotopic (exact) mass is 226 g/mol. The molecule has 0 aromatic carbocycles. The molecule has 5 nitrogen and oxygen atoms in total. The predicted molar refractivity (Wildman–Crippen MR) is 55.4 cm³/mol. The van der Waals surface area contributed by atoms with Crippen LogP contribution in [0.25, 0.3) is 0 Å². The maximum atomic E-state index is 11.5. The topological polar surface area (TPSA) is 79.9 Å². The molecule has 0 spiro atoms. The molecule has 2 heterocycles. The van der Waals surface area contributed by atoms with Crippen LogP contribution in [0.3, 0.4) is 0 Å². The normalized spacial score (nSPS) is 27.1. The van der Waals surface area contributed by atoms with E-state index in [2.05, 4.69) is 0 Å². The summed E-state index contributed by atoms with van der Waals surface area (Å²) in [5, 5.41) is 19.6. The van der Waals surface area contributed by atoms with E-state index in [1.807, 2.05) is 0 Å². The van der Waals surface area contributed by atoms with Crippen molar-refractivity contribution in [3.05, 3.63) is 27.8 Å². The standard InChI is InChI=1S/C11H14O5/c1-5-4-6-7(10(14)15-5)8(12)9(13)11(2,3)16-6/h4,8-9,12-13H,1-3H3/t8-,9+/m0/s1. The Kier molecular flexibility index (Phi) is 2.32. The SMILES string of the molecule is Cc1cc2c(c(=O)o1)[C@H](O)[C@@H](O)C(C)(C)O2. The Labute approximate surface area is 92.3 Å². The van der Waals surface area contributed by atoms with Gasteiger partial charge < -0.3 is 19.4 Å². The van der Waals surface area contributed by atoms with Gasteiger partial charge >= 0.3 is 5.63 Å². The van der Waals surface area contributed by atoms with Crippen LogP contribution in [0.2, 0.25) is 0 Å². The van der Waals surface area contributed by atoms with E-state index in [1.54, 1.807) is 20.8 Å². The molecule has 1 aliphatic heterocycles. The van der Waals surface area contributed by atoms with Crippen LogP contribution in [0, 0.1) is 6.92 Å². The summed E-state index contributed by atoms with van der Waals surface area (Å²) in [6.07, 6.45) is -2.44. The summed E-state index contributed by atoms with van der Waals surface area (Å²) in [7, 11) is 0. The number of ether oxygens (including phenoxy) is 1. The third-order valence-electron chi connectivity index (χ3n) is 2.75. The van der Waals surface area contributed by atoms with E-state index in [0.29, 0.717) is 5.76 Å². The van der Waals surface area contributed by atoms with Crippen LogP contribution in [0.15, 0.2) is 15.3 Å². The molecule has 2 atom stereocenters. The Morgan fingerprint density at radius 2 is 2.00 bits per heavy atom. The number of fused-ring (bicyclic) bond motifs is 1. The Morgan fingerprint density at radius 3 is 2.62 bits per heavy atom. The van der Waals surface area contributed by atoms with Crippen LogP contribution in [0.4, 0.5) is 0 Å². The first kappa shape index (κ1) is 11.2. The molecule has 0 unspecified atom stereocenters. The molecule has 2 rings (SSSR count). The van der Waals surface area contributed by atoms with E-state index < -0.39 is 23.4 Å². The molecule has 0 bridgehead atoms. The molecule has 0 radical (unpaired) electrons. The lowest BCUT2D eigenvalue weighted by molar-refractivity contribution is -0.113. The molecular formula is C11H14O5. The Balaban J connectivity index is 2.64. The molecule has 0 amide bonds. The van der Waals surface area contributed by atoms with Crippen molar-refractivity contribution in [2.24, 2.45) is 0 Å². The molecular weight excluding hydrogens is 212 g/mol. The van der Waals surface area contributed by atoms with Crippen LogP contribution >= 0.6 is 0 Å². The van der Waals surface area contributed by atoms with Crippen molar-refractivity contribution in [3.63, 3.8) is 0 Å².